The highest BCUT2D eigenvalue weighted by atomic mass is 35.5. The minimum Gasteiger partial charge on any atom is -0.358 e. The number of carbonyl (C=O) groups is 1. The smallest absolute Gasteiger partial charge is 0.358 e. The number of benzene rings is 1. The fourth-order valence-electron chi connectivity index (χ4n) is 1.51. The number of nitrogens with zero attached hydrogens (tertiary/aromatic N) is 3. The number of nitrogen functional groups attached to an aromatic ring is 1. The molecular weight excluding hydrogens is 272 g/mol. The Kier molecular flexibility index (Phi) is 3.48. The number of nitrogens with two attached hydrogens (primary N) is 1. The Morgan fingerprint density at radius 3 is 2.58 bits per heavy atom. The minimum atomic E-state index is -0.667. The predicted molar refractivity (Wildman–Crippen MR) is 69.1 cm³/mol. The summed E-state index contributed by atoms with van der Waals surface area (Å²) in [6, 6.07) is 6.33. The average Bonchev–Trinajstić information content (AvgIpc) is 2.72. The first-order valence-electron chi connectivity index (χ1n) is 5.23. The van der Waals surface area contributed by atoms with E-state index in [4.69, 9.17) is 17.3 Å². The molecule has 2 rings (SSSR count). The van der Waals surface area contributed by atoms with Gasteiger partial charge in [-0.3, -0.25) is 9.36 Å². The van der Waals surface area contributed by atoms with Crippen LogP contribution in [0, 0.1) is 10.1 Å². The summed E-state index contributed by atoms with van der Waals surface area (Å²) in [4.78, 5) is 25.3. The van der Waals surface area contributed by atoms with Crippen LogP contribution < -0.4 is 5.73 Å². The molecule has 0 aliphatic heterocycles. The lowest BCUT2D eigenvalue weighted by molar-refractivity contribution is -0.389. The number of hydrogen-bond acceptors (Lipinski definition) is 5. The SMILES string of the molecule is Nc1nc([N+](=O)[O-])cn1CC(=O)c1ccc(Cl)cc1. The van der Waals surface area contributed by atoms with Crippen molar-refractivity contribution in [3.63, 3.8) is 0 Å². The molecule has 0 bridgehead atoms. The van der Waals surface area contributed by atoms with Gasteiger partial charge in [-0.05, 0) is 29.2 Å². The Hall–Kier alpha value is -2.41. The molecule has 19 heavy (non-hydrogen) atoms. The largest absolute Gasteiger partial charge is 0.384 e. The molecule has 1 aromatic carbocycles. The van der Waals surface area contributed by atoms with E-state index in [-0.39, 0.29) is 24.1 Å². The molecular formula is C11H9ClN4O3. The molecule has 0 radical (unpaired) electrons. The van der Waals surface area contributed by atoms with Crippen LogP contribution in [0.4, 0.5) is 11.8 Å². The first kappa shape index (κ1) is 13.0. The molecule has 0 saturated carbocycles. The summed E-state index contributed by atoms with van der Waals surface area (Å²) in [7, 11) is 0. The van der Waals surface area contributed by atoms with Crippen molar-refractivity contribution in [2.45, 2.75) is 6.54 Å². The third-order valence-electron chi connectivity index (χ3n) is 2.46. The lowest BCUT2D eigenvalue weighted by Crippen LogP contribution is -2.11. The molecule has 0 atom stereocenters. The lowest BCUT2D eigenvalue weighted by atomic mass is 10.1. The van der Waals surface area contributed by atoms with Crippen molar-refractivity contribution in [2.75, 3.05) is 5.73 Å². The number of carbonyl (C=O) groups excluding carboxylic acids is 1. The van der Waals surface area contributed by atoms with Crippen LogP contribution in [0.3, 0.4) is 0 Å². The summed E-state index contributed by atoms with van der Waals surface area (Å²) >= 11 is 5.72. The topological polar surface area (TPSA) is 104 Å². The fraction of sp³-hybridized carbons (Fsp3) is 0.0909. The van der Waals surface area contributed by atoms with Crippen molar-refractivity contribution < 1.29 is 9.72 Å². The maximum absolute atomic E-state index is 11.9. The van der Waals surface area contributed by atoms with Gasteiger partial charge in [0.2, 0.25) is 0 Å². The van der Waals surface area contributed by atoms with Gasteiger partial charge in [-0.2, -0.15) is 0 Å². The summed E-state index contributed by atoms with van der Waals surface area (Å²) in [5, 5.41) is 11.1. The van der Waals surface area contributed by atoms with E-state index in [0.717, 1.165) is 6.20 Å². The van der Waals surface area contributed by atoms with Crippen LogP contribution in [0.5, 0.6) is 0 Å². The van der Waals surface area contributed by atoms with E-state index < -0.39 is 4.92 Å². The normalized spacial score (nSPS) is 10.4. The number of aromatic nitrogens is 2. The molecule has 1 heterocycles. The van der Waals surface area contributed by atoms with E-state index in [1.165, 1.54) is 4.57 Å². The van der Waals surface area contributed by atoms with Crippen LogP contribution in [0.15, 0.2) is 30.5 Å². The molecule has 0 aliphatic carbocycles. The first-order valence-corrected chi connectivity index (χ1v) is 5.61. The molecule has 2 aromatic rings. The Labute approximate surface area is 112 Å². The van der Waals surface area contributed by atoms with Gasteiger partial charge >= 0.3 is 11.8 Å². The van der Waals surface area contributed by atoms with Crippen LogP contribution in [-0.2, 0) is 6.54 Å². The zero-order valence-corrected chi connectivity index (χ0v) is 10.4. The number of hydrogen-bond donors (Lipinski definition) is 1. The summed E-state index contributed by atoms with van der Waals surface area (Å²) in [5.41, 5.74) is 5.95. The molecule has 0 saturated heterocycles. The molecule has 0 spiro atoms. The van der Waals surface area contributed by atoms with Crippen molar-refractivity contribution in [3.8, 4) is 0 Å². The highest BCUT2D eigenvalue weighted by Crippen LogP contribution is 2.15. The molecule has 0 amide bonds. The molecule has 0 unspecified atom stereocenters. The van der Waals surface area contributed by atoms with E-state index >= 15 is 0 Å². The Balaban J connectivity index is 2.19. The lowest BCUT2D eigenvalue weighted by Gasteiger charge is -2.02. The Morgan fingerprint density at radius 2 is 2.05 bits per heavy atom. The summed E-state index contributed by atoms with van der Waals surface area (Å²) in [6.45, 7) is -0.117. The van der Waals surface area contributed by atoms with E-state index in [2.05, 4.69) is 4.98 Å². The number of rotatable bonds is 4. The van der Waals surface area contributed by atoms with Crippen LogP contribution in [0.2, 0.25) is 5.02 Å². The molecule has 1 aromatic heterocycles. The number of Topliss-reactive ketones (excluding diaryl/α,β-unsaturated/α-hetero) is 1. The van der Waals surface area contributed by atoms with Crippen LogP contribution in [0.1, 0.15) is 10.4 Å². The quantitative estimate of drug-likeness (QED) is 0.523. The molecule has 7 nitrogen and oxygen atoms in total. The Morgan fingerprint density at radius 1 is 1.42 bits per heavy atom. The number of ketones is 1. The van der Waals surface area contributed by atoms with Gasteiger partial charge in [0, 0.05) is 15.6 Å². The number of imidazole rings is 1. The van der Waals surface area contributed by atoms with Crippen LogP contribution >= 0.6 is 11.6 Å². The molecule has 0 fully saturated rings. The Bertz CT molecular complexity index is 636. The first-order chi connectivity index (χ1) is 8.97. The number of halogens is 1. The zero-order valence-electron chi connectivity index (χ0n) is 9.62. The third kappa shape index (κ3) is 2.89. The molecule has 8 heteroatoms. The van der Waals surface area contributed by atoms with E-state index in [1.54, 1.807) is 24.3 Å². The van der Waals surface area contributed by atoms with Gasteiger partial charge in [-0.25, -0.2) is 0 Å². The standard InChI is InChI=1S/C11H9ClN4O3/c12-8-3-1-7(2-4-8)9(17)5-15-6-10(16(18)19)14-11(15)13/h1-4,6H,5H2,(H2,13,14). The second-order valence-corrected chi connectivity index (χ2v) is 4.21. The van der Waals surface area contributed by atoms with Gasteiger partial charge in [0.25, 0.3) is 0 Å². The maximum Gasteiger partial charge on any atom is 0.384 e. The molecule has 98 valence electrons. The van der Waals surface area contributed by atoms with E-state index in [1.807, 2.05) is 0 Å². The van der Waals surface area contributed by atoms with Crippen molar-refractivity contribution in [1.29, 1.82) is 0 Å². The second kappa shape index (κ2) is 5.07. The summed E-state index contributed by atoms with van der Waals surface area (Å²) in [6.07, 6.45) is 1.13. The molecule has 2 N–H and O–H groups in total. The fourth-order valence-corrected chi connectivity index (χ4v) is 1.64. The monoisotopic (exact) mass is 280 g/mol. The van der Waals surface area contributed by atoms with Crippen LogP contribution in [-0.4, -0.2) is 20.3 Å². The summed E-state index contributed by atoms with van der Waals surface area (Å²) < 4.78 is 1.23. The van der Waals surface area contributed by atoms with Crippen molar-refractivity contribution in [2.24, 2.45) is 0 Å². The van der Waals surface area contributed by atoms with Crippen molar-refractivity contribution >= 4 is 29.2 Å². The zero-order chi connectivity index (χ0) is 14.0. The van der Waals surface area contributed by atoms with E-state index in [9.17, 15) is 14.9 Å². The van der Waals surface area contributed by atoms with E-state index in [0.29, 0.717) is 10.6 Å². The van der Waals surface area contributed by atoms with Gasteiger partial charge in [-0.15, -0.1) is 0 Å². The second-order valence-electron chi connectivity index (χ2n) is 3.77. The highest BCUT2D eigenvalue weighted by molar-refractivity contribution is 6.30. The highest BCUT2D eigenvalue weighted by Gasteiger charge is 2.18. The average molecular weight is 281 g/mol. The van der Waals surface area contributed by atoms with Crippen molar-refractivity contribution in [3.05, 3.63) is 51.2 Å². The van der Waals surface area contributed by atoms with Gasteiger partial charge < -0.3 is 15.8 Å². The number of anilines is 1. The predicted octanol–water partition coefficient (Wildman–Crippen LogP) is 1.91. The van der Waals surface area contributed by atoms with Gasteiger partial charge in [0.1, 0.15) is 6.20 Å². The molecule has 0 aliphatic rings. The van der Waals surface area contributed by atoms with Gasteiger partial charge in [0.05, 0.1) is 6.54 Å². The number of nitro groups is 1. The van der Waals surface area contributed by atoms with Crippen LogP contribution in [0.25, 0.3) is 0 Å². The van der Waals surface area contributed by atoms with Crippen molar-refractivity contribution in [1.82, 2.24) is 9.55 Å². The maximum atomic E-state index is 11.9. The summed E-state index contributed by atoms with van der Waals surface area (Å²) in [5.74, 6) is -0.703. The third-order valence-corrected chi connectivity index (χ3v) is 2.71. The van der Waals surface area contributed by atoms with Gasteiger partial charge in [0.15, 0.2) is 5.78 Å². The van der Waals surface area contributed by atoms with Gasteiger partial charge in [-0.1, -0.05) is 11.6 Å². The minimum absolute atomic E-state index is 0.0750.